The molecule has 2 amide bonds. The van der Waals surface area contributed by atoms with Gasteiger partial charge < -0.3 is 15.4 Å². The topological polar surface area (TPSA) is 105 Å². The van der Waals surface area contributed by atoms with E-state index in [0.717, 1.165) is 0 Å². The standard InChI is InChI=1S/C19H18ClN3O5S/c20-13-9-14-16(28-11-18(24)22-14)10-17(13)29(26,27)23-8-4-7-15(23)19(25)21-12-5-2-1-3-6-12/h1-3,5-6,9-10,15H,4,7-8,11H2,(H,21,25)(H,22,24). The van der Waals surface area contributed by atoms with Gasteiger partial charge in [-0.2, -0.15) is 4.31 Å². The fraction of sp³-hybridized carbons (Fsp3) is 0.263. The van der Waals surface area contributed by atoms with Crippen molar-refractivity contribution in [3.63, 3.8) is 0 Å². The van der Waals surface area contributed by atoms with Crippen molar-refractivity contribution in [2.24, 2.45) is 0 Å². The van der Waals surface area contributed by atoms with Gasteiger partial charge in [-0.1, -0.05) is 29.8 Å². The maximum atomic E-state index is 13.3. The highest BCUT2D eigenvalue weighted by atomic mass is 35.5. The van der Waals surface area contributed by atoms with Gasteiger partial charge in [-0.3, -0.25) is 9.59 Å². The lowest BCUT2D eigenvalue weighted by Crippen LogP contribution is -2.43. The number of amides is 2. The molecule has 0 saturated carbocycles. The fourth-order valence-corrected chi connectivity index (χ4v) is 5.62. The normalized spacial score (nSPS) is 19.2. The van der Waals surface area contributed by atoms with Gasteiger partial charge in [-0.25, -0.2) is 8.42 Å². The lowest BCUT2D eigenvalue weighted by molar-refractivity contribution is -0.119. The second kappa shape index (κ2) is 7.66. The quantitative estimate of drug-likeness (QED) is 0.767. The molecule has 2 aromatic rings. The van der Waals surface area contributed by atoms with Crippen molar-refractivity contribution < 1.29 is 22.7 Å². The maximum absolute atomic E-state index is 13.3. The Balaban J connectivity index is 1.62. The van der Waals surface area contributed by atoms with Gasteiger partial charge in [0.25, 0.3) is 5.91 Å². The molecule has 2 aliphatic rings. The number of ether oxygens (including phenoxy) is 1. The van der Waals surface area contributed by atoms with Crippen LogP contribution in [0.5, 0.6) is 5.75 Å². The summed E-state index contributed by atoms with van der Waals surface area (Å²) in [5, 5.41) is 5.29. The molecule has 1 unspecified atom stereocenters. The number of carbonyl (C=O) groups is 2. The minimum atomic E-state index is -4.05. The number of hydrogen-bond acceptors (Lipinski definition) is 5. The second-order valence-electron chi connectivity index (χ2n) is 6.74. The molecule has 8 nitrogen and oxygen atoms in total. The number of sulfonamides is 1. The summed E-state index contributed by atoms with van der Waals surface area (Å²) in [6.07, 6.45) is 0.967. The first kappa shape index (κ1) is 19.7. The molecule has 29 heavy (non-hydrogen) atoms. The Morgan fingerprint density at radius 3 is 2.76 bits per heavy atom. The first-order chi connectivity index (χ1) is 13.9. The van der Waals surface area contributed by atoms with Gasteiger partial charge in [0.1, 0.15) is 16.7 Å². The van der Waals surface area contributed by atoms with Crippen LogP contribution in [-0.4, -0.2) is 43.7 Å². The summed E-state index contributed by atoms with van der Waals surface area (Å²) in [7, 11) is -4.05. The fourth-order valence-electron chi connectivity index (χ4n) is 3.44. The van der Waals surface area contributed by atoms with Gasteiger partial charge >= 0.3 is 0 Å². The van der Waals surface area contributed by atoms with E-state index in [-0.39, 0.29) is 34.7 Å². The number of anilines is 2. The largest absolute Gasteiger partial charge is 0.482 e. The van der Waals surface area contributed by atoms with Crippen LogP contribution in [0.1, 0.15) is 12.8 Å². The second-order valence-corrected chi connectivity index (χ2v) is 9.01. The average Bonchev–Trinajstić information content (AvgIpc) is 3.19. The third-order valence-electron chi connectivity index (χ3n) is 4.80. The summed E-state index contributed by atoms with van der Waals surface area (Å²) in [5.41, 5.74) is 0.905. The number of carbonyl (C=O) groups excluding carboxylic acids is 2. The molecular weight excluding hydrogens is 418 g/mol. The number of halogens is 1. The van der Waals surface area contributed by atoms with E-state index < -0.39 is 22.0 Å². The molecule has 152 valence electrons. The zero-order valence-corrected chi connectivity index (χ0v) is 16.8. The molecule has 2 N–H and O–H groups in total. The van der Waals surface area contributed by atoms with E-state index in [1.54, 1.807) is 24.3 Å². The van der Waals surface area contributed by atoms with Gasteiger partial charge in [0, 0.05) is 18.3 Å². The summed E-state index contributed by atoms with van der Waals surface area (Å²) in [6.45, 7) is 0.000156. The Morgan fingerprint density at radius 2 is 2.00 bits per heavy atom. The Labute approximate surface area is 172 Å². The first-order valence-electron chi connectivity index (χ1n) is 9.00. The van der Waals surface area contributed by atoms with E-state index in [1.165, 1.54) is 16.4 Å². The third-order valence-corrected chi connectivity index (χ3v) is 7.17. The van der Waals surface area contributed by atoms with Crippen molar-refractivity contribution in [1.29, 1.82) is 0 Å². The van der Waals surface area contributed by atoms with Crippen LogP contribution >= 0.6 is 11.6 Å². The van der Waals surface area contributed by atoms with Crippen LogP contribution in [0.3, 0.4) is 0 Å². The van der Waals surface area contributed by atoms with Gasteiger partial charge in [0.05, 0.1) is 10.7 Å². The SMILES string of the molecule is O=C1COc2cc(S(=O)(=O)N3CCCC3C(=O)Nc3ccccc3)c(Cl)cc2N1. The summed E-state index contributed by atoms with van der Waals surface area (Å²) in [4.78, 5) is 24.0. The highest BCUT2D eigenvalue weighted by Gasteiger charge is 2.41. The zero-order chi connectivity index (χ0) is 20.6. The lowest BCUT2D eigenvalue weighted by Gasteiger charge is -2.25. The van der Waals surface area contributed by atoms with Gasteiger partial charge in [-0.15, -0.1) is 0 Å². The van der Waals surface area contributed by atoms with Crippen LogP contribution in [-0.2, 0) is 19.6 Å². The molecule has 0 aromatic heterocycles. The summed E-state index contributed by atoms with van der Waals surface area (Å²) in [5.74, 6) is -0.520. The average molecular weight is 436 g/mol. The van der Waals surface area contributed by atoms with Crippen LogP contribution < -0.4 is 15.4 Å². The van der Waals surface area contributed by atoms with Crippen molar-refractivity contribution in [3.8, 4) is 5.75 Å². The molecule has 10 heteroatoms. The number of nitrogens with zero attached hydrogens (tertiary/aromatic N) is 1. The minimum absolute atomic E-state index is 0.0522. The maximum Gasteiger partial charge on any atom is 0.262 e. The smallest absolute Gasteiger partial charge is 0.262 e. The molecule has 2 aliphatic heterocycles. The monoisotopic (exact) mass is 435 g/mol. The van der Waals surface area contributed by atoms with Crippen molar-refractivity contribution in [3.05, 3.63) is 47.5 Å². The number of fused-ring (bicyclic) bond motifs is 1. The van der Waals surface area contributed by atoms with E-state index in [1.807, 2.05) is 6.07 Å². The molecule has 0 aliphatic carbocycles. The van der Waals surface area contributed by atoms with E-state index in [4.69, 9.17) is 16.3 Å². The molecule has 0 radical (unpaired) electrons. The predicted molar refractivity (Wildman–Crippen MR) is 108 cm³/mol. The van der Waals surface area contributed by atoms with Gasteiger partial charge in [-0.05, 0) is 31.0 Å². The van der Waals surface area contributed by atoms with E-state index in [2.05, 4.69) is 10.6 Å². The summed E-state index contributed by atoms with van der Waals surface area (Å²) < 4.78 is 33.1. The van der Waals surface area contributed by atoms with Crippen molar-refractivity contribution in [2.75, 3.05) is 23.8 Å². The van der Waals surface area contributed by atoms with Gasteiger partial charge in [0.2, 0.25) is 15.9 Å². The Kier molecular flexibility index (Phi) is 5.20. The number of hydrogen-bond donors (Lipinski definition) is 2. The van der Waals surface area contributed by atoms with E-state index in [9.17, 15) is 18.0 Å². The van der Waals surface area contributed by atoms with Gasteiger partial charge in [0.15, 0.2) is 6.61 Å². The Hall–Kier alpha value is -2.62. The van der Waals surface area contributed by atoms with Crippen molar-refractivity contribution in [1.82, 2.24) is 4.31 Å². The molecule has 2 aromatic carbocycles. The van der Waals surface area contributed by atoms with Crippen LogP contribution in [0.15, 0.2) is 47.4 Å². The molecule has 4 rings (SSSR count). The summed E-state index contributed by atoms with van der Waals surface area (Å²) >= 11 is 6.22. The highest BCUT2D eigenvalue weighted by Crippen LogP contribution is 2.38. The molecule has 0 bridgehead atoms. The van der Waals surface area contributed by atoms with Crippen molar-refractivity contribution in [2.45, 2.75) is 23.8 Å². The zero-order valence-electron chi connectivity index (χ0n) is 15.2. The molecule has 0 spiro atoms. The minimum Gasteiger partial charge on any atom is -0.482 e. The van der Waals surface area contributed by atoms with Crippen LogP contribution in [0.4, 0.5) is 11.4 Å². The molecular formula is C19H18ClN3O5S. The third kappa shape index (κ3) is 3.81. The number of benzene rings is 2. The number of nitrogens with one attached hydrogen (secondary N) is 2. The van der Waals surface area contributed by atoms with E-state index >= 15 is 0 Å². The van der Waals surface area contributed by atoms with Crippen LogP contribution in [0.25, 0.3) is 0 Å². The molecule has 1 saturated heterocycles. The van der Waals surface area contributed by atoms with Crippen molar-refractivity contribution >= 4 is 44.8 Å². The lowest BCUT2D eigenvalue weighted by atomic mass is 10.2. The predicted octanol–water partition coefficient (Wildman–Crippen LogP) is 2.46. The highest BCUT2D eigenvalue weighted by molar-refractivity contribution is 7.89. The van der Waals surface area contributed by atoms with Crippen LogP contribution in [0, 0.1) is 0 Å². The first-order valence-corrected chi connectivity index (χ1v) is 10.8. The molecule has 1 atom stereocenters. The molecule has 2 heterocycles. The number of rotatable bonds is 4. The Bertz CT molecular complexity index is 1070. The Morgan fingerprint density at radius 1 is 1.24 bits per heavy atom. The summed E-state index contributed by atoms with van der Waals surface area (Å²) in [6, 6.07) is 10.6. The van der Waals surface area contributed by atoms with Crippen LogP contribution in [0.2, 0.25) is 5.02 Å². The molecule has 1 fully saturated rings. The number of para-hydroxylation sites is 1. The van der Waals surface area contributed by atoms with E-state index in [0.29, 0.717) is 24.2 Å².